The lowest BCUT2D eigenvalue weighted by Gasteiger charge is -2.05. The monoisotopic (exact) mass is 286 g/mol. The van der Waals surface area contributed by atoms with E-state index in [4.69, 9.17) is 0 Å². The van der Waals surface area contributed by atoms with E-state index >= 15 is 0 Å². The number of fused-ring (bicyclic) bond motifs is 1. The Bertz CT molecular complexity index is 819. The van der Waals surface area contributed by atoms with Gasteiger partial charge in [0, 0.05) is 25.0 Å². The van der Waals surface area contributed by atoms with Gasteiger partial charge in [-0.05, 0) is 36.8 Å². The lowest BCUT2D eigenvalue weighted by Crippen LogP contribution is -1.99. The fraction of sp³-hybridized carbons (Fsp3) is 0.125. The molecule has 2 aromatic heterocycles. The molecule has 1 aromatic carbocycles. The first-order valence-corrected chi connectivity index (χ1v) is 6.44. The number of halogens is 2. The molecule has 3 aromatic rings. The maximum atomic E-state index is 13.3. The number of Topliss-reactive ketones (excluding diaryl/α,β-unsaturated/α-hetero) is 1. The lowest BCUT2D eigenvalue weighted by atomic mass is 10.2. The maximum Gasteiger partial charge on any atom is 0.163 e. The summed E-state index contributed by atoms with van der Waals surface area (Å²) in [5.41, 5.74) is 2.35. The van der Waals surface area contributed by atoms with Crippen LogP contribution in [0.4, 0.5) is 8.78 Å². The van der Waals surface area contributed by atoms with Crippen LogP contribution >= 0.6 is 0 Å². The number of hydrogen-bond acceptors (Lipinski definition) is 2. The van der Waals surface area contributed by atoms with Gasteiger partial charge in [-0.15, -0.1) is 0 Å². The smallest absolute Gasteiger partial charge is 0.163 e. The molecule has 0 bridgehead atoms. The topological polar surface area (TPSA) is 34.9 Å². The Labute approximate surface area is 119 Å². The van der Waals surface area contributed by atoms with E-state index in [1.807, 2.05) is 6.07 Å². The summed E-state index contributed by atoms with van der Waals surface area (Å²) >= 11 is 0. The fourth-order valence-electron chi connectivity index (χ4n) is 2.41. The summed E-state index contributed by atoms with van der Waals surface area (Å²) < 4.78 is 28.3. The zero-order valence-corrected chi connectivity index (χ0v) is 11.3. The molecule has 3 nitrogen and oxygen atoms in total. The van der Waals surface area contributed by atoms with Crippen LogP contribution in [0.2, 0.25) is 0 Å². The molecule has 0 unspecified atom stereocenters. The van der Waals surface area contributed by atoms with Gasteiger partial charge in [0.05, 0.1) is 16.6 Å². The number of carbonyl (C=O) groups excluding carboxylic acids is 1. The Morgan fingerprint density at radius 3 is 2.62 bits per heavy atom. The molecule has 106 valence electrons. The van der Waals surface area contributed by atoms with Crippen molar-refractivity contribution in [2.75, 3.05) is 0 Å². The summed E-state index contributed by atoms with van der Waals surface area (Å²) in [4.78, 5) is 15.9. The van der Waals surface area contributed by atoms with Crippen molar-refractivity contribution in [3.8, 4) is 0 Å². The van der Waals surface area contributed by atoms with Crippen LogP contribution in [0, 0.1) is 11.6 Å². The van der Waals surface area contributed by atoms with Crippen LogP contribution in [0.3, 0.4) is 0 Å². The van der Waals surface area contributed by atoms with Gasteiger partial charge < -0.3 is 4.57 Å². The van der Waals surface area contributed by atoms with Crippen molar-refractivity contribution in [1.29, 1.82) is 0 Å². The minimum absolute atomic E-state index is 0.0946. The number of aromatic nitrogens is 2. The average Bonchev–Trinajstić information content (AvgIpc) is 2.77. The number of hydrogen-bond donors (Lipinski definition) is 0. The summed E-state index contributed by atoms with van der Waals surface area (Å²) in [6.07, 6.45) is 3.28. The molecule has 0 amide bonds. The van der Waals surface area contributed by atoms with Crippen molar-refractivity contribution in [3.63, 3.8) is 0 Å². The minimum Gasteiger partial charge on any atom is -0.341 e. The Kier molecular flexibility index (Phi) is 3.25. The first-order valence-electron chi connectivity index (χ1n) is 6.44. The summed E-state index contributed by atoms with van der Waals surface area (Å²) in [7, 11) is 0. The molecule has 0 aliphatic heterocycles. The van der Waals surface area contributed by atoms with Crippen LogP contribution in [0.5, 0.6) is 0 Å². The van der Waals surface area contributed by atoms with Gasteiger partial charge in [0.25, 0.3) is 0 Å². The van der Waals surface area contributed by atoms with Gasteiger partial charge in [-0.1, -0.05) is 0 Å². The van der Waals surface area contributed by atoms with Crippen molar-refractivity contribution >= 4 is 16.8 Å². The number of pyridine rings is 1. The molecule has 0 atom stereocenters. The molecule has 0 saturated carbocycles. The van der Waals surface area contributed by atoms with E-state index in [0.29, 0.717) is 16.6 Å². The van der Waals surface area contributed by atoms with Gasteiger partial charge in [-0.2, -0.15) is 0 Å². The van der Waals surface area contributed by atoms with E-state index in [9.17, 15) is 13.6 Å². The molecule has 5 heteroatoms. The van der Waals surface area contributed by atoms with Crippen molar-refractivity contribution < 1.29 is 13.6 Å². The summed E-state index contributed by atoms with van der Waals surface area (Å²) in [6.45, 7) is 1.74. The van der Waals surface area contributed by atoms with E-state index in [1.165, 1.54) is 19.1 Å². The van der Waals surface area contributed by atoms with Gasteiger partial charge >= 0.3 is 0 Å². The molecule has 0 N–H and O–H groups in total. The summed E-state index contributed by atoms with van der Waals surface area (Å²) in [5.74, 6) is -1.33. The number of benzene rings is 1. The molecular formula is C16H12F2N2O. The molecule has 0 radical (unpaired) electrons. The first kappa shape index (κ1) is 13.4. The predicted molar refractivity (Wildman–Crippen MR) is 75.2 cm³/mol. The molecule has 0 aliphatic rings. The highest BCUT2D eigenvalue weighted by Gasteiger charge is 2.13. The van der Waals surface area contributed by atoms with Crippen molar-refractivity contribution in [2.45, 2.75) is 13.5 Å². The second kappa shape index (κ2) is 5.09. The van der Waals surface area contributed by atoms with Crippen molar-refractivity contribution in [2.24, 2.45) is 0 Å². The molecule has 0 aliphatic carbocycles. The van der Waals surface area contributed by atoms with Gasteiger partial charge in [-0.3, -0.25) is 9.78 Å². The zero-order valence-electron chi connectivity index (χ0n) is 11.3. The standard InChI is InChI=1S/C16H12F2N2O/c1-10(21)14-9-20(15-3-2-4-19-16(14)15)8-11-5-12(17)7-13(18)6-11/h2-7,9H,8H2,1H3. The van der Waals surface area contributed by atoms with E-state index < -0.39 is 11.6 Å². The number of rotatable bonds is 3. The summed E-state index contributed by atoms with van der Waals surface area (Å²) in [5, 5.41) is 0. The Balaban J connectivity index is 2.10. The number of ketones is 1. The Hall–Kier alpha value is -2.56. The van der Waals surface area contributed by atoms with E-state index in [0.717, 1.165) is 11.6 Å². The SMILES string of the molecule is CC(=O)c1cn(Cc2cc(F)cc(F)c2)c2cccnc12. The minimum atomic E-state index is -0.619. The van der Waals surface area contributed by atoms with E-state index in [2.05, 4.69) is 4.98 Å². The van der Waals surface area contributed by atoms with Crippen LogP contribution in [-0.4, -0.2) is 15.3 Å². The van der Waals surface area contributed by atoms with E-state index in [1.54, 1.807) is 23.0 Å². The number of carbonyl (C=O) groups is 1. The predicted octanol–water partition coefficient (Wildman–Crippen LogP) is 3.57. The molecule has 2 heterocycles. The molecule has 3 rings (SSSR count). The quantitative estimate of drug-likeness (QED) is 0.690. The van der Waals surface area contributed by atoms with Gasteiger partial charge in [0.15, 0.2) is 5.78 Å². The third-order valence-corrected chi connectivity index (χ3v) is 3.29. The largest absolute Gasteiger partial charge is 0.341 e. The van der Waals surface area contributed by atoms with Gasteiger partial charge in [0.1, 0.15) is 11.6 Å². The second-order valence-corrected chi connectivity index (χ2v) is 4.88. The van der Waals surface area contributed by atoms with Gasteiger partial charge in [-0.25, -0.2) is 8.78 Å². The third kappa shape index (κ3) is 2.54. The molecule has 0 spiro atoms. The van der Waals surface area contributed by atoms with Gasteiger partial charge in [0.2, 0.25) is 0 Å². The lowest BCUT2D eigenvalue weighted by molar-refractivity contribution is 0.101. The highest BCUT2D eigenvalue weighted by atomic mass is 19.1. The number of nitrogens with zero attached hydrogens (tertiary/aromatic N) is 2. The molecular weight excluding hydrogens is 274 g/mol. The fourth-order valence-corrected chi connectivity index (χ4v) is 2.41. The maximum absolute atomic E-state index is 13.3. The van der Waals surface area contributed by atoms with Crippen LogP contribution in [0.1, 0.15) is 22.8 Å². The first-order chi connectivity index (χ1) is 10.0. The van der Waals surface area contributed by atoms with Crippen molar-refractivity contribution in [3.05, 3.63) is 65.5 Å². The summed E-state index contributed by atoms with van der Waals surface area (Å²) in [6, 6.07) is 6.97. The molecule has 0 fully saturated rings. The molecule has 21 heavy (non-hydrogen) atoms. The van der Waals surface area contributed by atoms with E-state index in [-0.39, 0.29) is 12.3 Å². The van der Waals surface area contributed by atoms with Crippen LogP contribution in [0.25, 0.3) is 11.0 Å². The second-order valence-electron chi connectivity index (χ2n) is 4.88. The Morgan fingerprint density at radius 1 is 1.24 bits per heavy atom. The van der Waals surface area contributed by atoms with Crippen molar-refractivity contribution in [1.82, 2.24) is 9.55 Å². The molecule has 0 saturated heterocycles. The normalized spacial score (nSPS) is 11.0. The zero-order chi connectivity index (χ0) is 15.0. The van der Waals surface area contributed by atoms with Crippen LogP contribution in [0.15, 0.2) is 42.7 Å². The average molecular weight is 286 g/mol. The third-order valence-electron chi connectivity index (χ3n) is 3.29. The highest BCUT2D eigenvalue weighted by Crippen LogP contribution is 2.21. The van der Waals surface area contributed by atoms with Crippen LogP contribution < -0.4 is 0 Å². The van der Waals surface area contributed by atoms with Crippen LogP contribution in [-0.2, 0) is 6.54 Å². The Morgan fingerprint density at radius 2 is 1.95 bits per heavy atom. The highest BCUT2D eigenvalue weighted by molar-refractivity contribution is 6.05.